The molecule has 0 aromatic rings. The third kappa shape index (κ3) is 3.41. The summed E-state index contributed by atoms with van der Waals surface area (Å²) in [5, 5.41) is 0. The lowest BCUT2D eigenvalue weighted by atomic mass is 10.3. The molecule has 1 rings (SSSR count). The fourth-order valence-corrected chi connectivity index (χ4v) is 1.32. The van der Waals surface area contributed by atoms with Crippen molar-refractivity contribution in [3.05, 3.63) is 0 Å². The predicted molar refractivity (Wildman–Crippen MR) is 55.7 cm³/mol. The van der Waals surface area contributed by atoms with Crippen molar-refractivity contribution in [2.75, 3.05) is 39.8 Å². The van der Waals surface area contributed by atoms with Crippen LogP contribution in [0.5, 0.6) is 0 Å². The highest BCUT2D eigenvalue weighted by molar-refractivity contribution is 14.1. The molecular formula is C8H13IN2. The highest BCUT2D eigenvalue weighted by Crippen LogP contribution is 1.97. The lowest BCUT2D eigenvalue weighted by molar-refractivity contribution is 0.168. The summed E-state index contributed by atoms with van der Waals surface area (Å²) in [6.07, 6.45) is 0. The molecule has 2 nitrogen and oxygen atoms in total. The van der Waals surface area contributed by atoms with E-state index >= 15 is 0 Å². The Morgan fingerprint density at radius 2 is 1.91 bits per heavy atom. The Hall–Kier alpha value is 0.210. The number of hydrogen-bond donors (Lipinski definition) is 0. The van der Waals surface area contributed by atoms with Gasteiger partial charge >= 0.3 is 0 Å². The Kier molecular flexibility index (Phi) is 4.20. The summed E-state index contributed by atoms with van der Waals surface area (Å²) in [5.41, 5.74) is 0. The Bertz CT molecular complexity index is 163. The molecule has 3 heteroatoms. The van der Waals surface area contributed by atoms with Crippen LogP contribution in [0.15, 0.2) is 0 Å². The number of hydrogen-bond acceptors (Lipinski definition) is 2. The molecule has 0 unspecified atom stereocenters. The van der Waals surface area contributed by atoms with Gasteiger partial charge in [0.1, 0.15) is 0 Å². The molecule has 11 heavy (non-hydrogen) atoms. The Morgan fingerprint density at radius 3 is 2.45 bits per heavy atom. The second-order valence-corrected chi connectivity index (χ2v) is 3.39. The molecule has 0 radical (unpaired) electrons. The van der Waals surface area contributed by atoms with Gasteiger partial charge in [-0.15, -0.1) is 0 Å². The SMILES string of the molecule is CN1CCN(CC#CI)CC1. The Morgan fingerprint density at radius 1 is 1.27 bits per heavy atom. The first-order chi connectivity index (χ1) is 5.33. The van der Waals surface area contributed by atoms with Gasteiger partial charge in [0.15, 0.2) is 0 Å². The molecule has 0 amide bonds. The van der Waals surface area contributed by atoms with E-state index in [4.69, 9.17) is 0 Å². The van der Waals surface area contributed by atoms with E-state index in [2.05, 4.69) is 49.3 Å². The topological polar surface area (TPSA) is 6.48 Å². The molecule has 62 valence electrons. The first-order valence-corrected chi connectivity index (χ1v) is 4.90. The third-order valence-electron chi connectivity index (χ3n) is 1.97. The normalized spacial score (nSPS) is 20.9. The molecule has 0 aromatic carbocycles. The molecule has 0 spiro atoms. The van der Waals surface area contributed by atoms with E-state index in [9.17, 15) is 0 Å². The van der Waals surface area contributed by atoms with E-state index in [1.807, 2.05) is 0 Å². The molecule has 0 N–H and O–H groups in total. The van der Waals surface area contributed by atoms with Crippen LogP contribution in [0.4, 0.5) is 0 Å². The highest BCUT2D eigenvalue weighted by Gasteiger charge is 2.11. The van der Waals surface area contributed by atoms with Crippen LogP contribution < -0.4 is 0 Å². The van der Waals surface area contributed by atoms with Crippen LogP contribution >= 0.6 is 22.6 Å². The summed E-state index contributed by atoms with van der Waals surface area (Å²) in [4.78, 5) is 4.75. The minimum Gasteiger partial charge on any atom is -0.304 e. The zero-order chi connectivity index (χ0) is 8.10. The molecule has 0 aromatic heterocycles. The molecule has 1 aliphatic rings. The minimum absolute atomic E-state index is 0.941. The first-order valence-electron chi connectivity index (χ1n) is 3.82. The average Bonchev–Trinajstić information content (AvgIpc) is 2.04. The maximum absolute atomic E-state index is 3.08. The average molecular weight is 264 g/mol. The summed E-state index contributed by atoms with van der Waals surface area (Å²) in [6.45, 7) is 5.65. The smallest absolute Gasteiger partial charge is 0.0610 e. The molecule has 0 saturated carbocycles. The summed E-state index contributed by atoms with van der Waals surface area (Å²) >= 11 is 2.09. The minimum atomic E-state index is 0.941. The van der Waals surface area contributed by atoms with Crippen LogP contribution in [0.2, 0.25) is 0 Å². The quantitative estimate of drug-likeness (QED) is 0.506. The number of rotatable bonds is 1. The lowest BCUT2D eigenvalue weighted by Crippen LogP contribution is -2.44. The van der Waals surface area contributed by atoms with Crippen LogP contribution in [0.1, 0.15) is 0 Å². The molecule has 0 aliphatic carbocycles. The summed E-state index contributed by atoms with van der Waals surface area (Å²) in [6, 6.07) is 0. The zero-order valence-electron chi connectivity index (χ0n) is 6.81. The van der Waals surface area contributed by atoms with Crippen molar-refractivity contribution in [2.45, 2.75) is 0 Å². The first kappa shape index (κ1) is 9.30. The number of halogens is 1. The number of likely N-dealkylation sites (N-methyl/N-ethyl adjacent to an activating group) is 1. The van der Waals surface area contributed by atoms with Gasteiger partial charge in [-0.05, 0) is 11.0 Å². The van der Waals surface area contributed by atoms with Crippen molar-refractivity contribution < 1.29 is 0 Å². The van der Waals surface area contributed by atoms with Gasteiger partial charge in [0.25, 0.3) is 0 Å². The van der Waals surface area contributed by atoms with Crippen LogP contribution in [-0.2, 0) is 0 Å². The molecule has 1 aliphatic heterocycles. The maximum atomic E-state index is 3.08. The summed E-state index contributed by atoms with van der Waals surface area (Å²) in [5.74, 6) is 3.08. The van der Waals surface area contributed by atoms with Crippen LogP contribution in [-0.4, -0.2) is 49.6 Å². The number of nitrogens with zero attached hydrogens (tertiary/aromatic N) is 2. The van der Waals surface area contributed by atoms with E-state index in [1.165, 1.54) is 26.2 Å². The lowest BCUT2D eigenvalue weighted by Gasteiger charge is -2.30. The second kappa shape index (κ2) is 4.96. The fourth-order valence-electron chi connectivity index (χ4n) is 1.15. The van der Waals surface area contributed by atoms with Crippen molar-refractivity contribution in [3.8, 4) is 9.85 Å². The predicted octanol–water partition coefficient (Wildman–Crippen LogP) is 0.630. The molecule has 1 fully saturated rings. The van der Waals surface area contributed by atoms with Crippen molar-refractivity contribution in [2.24, 2.45) is 0 Å². The zero-order valence-corrected chi connectivity index (χ0v) is 8.97. The van der Waals surface area contributed by atoms with Crippen LogP contribution in [0, 0.1) is 9.85 Å². The Balaban J connectivity index is 2.20. The molecule has 1 saturated heterocycles. The largest absolute Gasteiger partial charge is 0.304 e. The van der Waals surface area contributed by atoms with E-state index in [-0.39, 0.29) is 0 Å². The highest BCUT2D eigenvalue weighted by atomic mass is 127. The summed E-state index contributed by atoms with van der Waals surface area (Å²) < 4.78 is 2.89. The van der Waals surface area contributed by atoms with Gasteiger partial charge in [0, 0.05) is 48.8 Å². The van der Waals surface area contributed by atoms with Crippen LogP contribution in [0.3, 0.4) is 0 Å². The molecule has 0 atom stereocenters. The second-order valence-electron chi connectivity index (χ2n) is 2.85. The van der Waals surface area contributed by atoms with E-state index in [0.717, 1.165) is 6.54 Å². The van der Waals surface area contributed by atoms with E-state index < -0.39 is 0 Å². The maximum Gasteiger partial charge on any atom is 0.0610 e. The third-order valence-corrected chi connectivity index (χ3v) is 2.35. The van der Waals surface area contributed by atoms with E-state index in [1.54, 1.807) is 0 Å². The van der Waals surface area contributed by atoms with Crippen molar-refractivity contribution >= 4 is 22.6 Å². The van der Waals surface area contributed by atoms with E-state index in [0.29, 0.717) is 0 Å². The molecule has 0 bridgehead atoms. The van der Waals surface area contributed by atoms with Gasteiger partial charge < -0.3 is 4.90 Å². The summed E-state index contributed by atoms with van der Waals surface area (Å²) in [7, 11) is 2.17. The molecule has 1 heterocycles. The van der Waals surface area contributed by atoms with Gasteiger partial charge in [0.05, 0.1) is 6.54 Å². The van der Waals surface area contributed by atoms with Crippen LogP contribution in [0.25, 0.3) is 0 Å². The molecular weight excluding hydrogens is 251 g/mol. The van der Waals surface area contributed by atoms with Crippen molar-refractivity contribution in [1.82, 2.24) is 9.80 Å². The fraction of sp³-hybridized carbons (Fsp3) is 0.750. The monoisotopic (exact) mass is 264 g/mol. The van der Waals surface area contributed by atoms with Gasteiger partial charge in [-0.3, -0.25) is 4.90 Å². The standard InChI is InChI=1S/C8H13IN2/c1-10-5-7-11(8-6-10)4-2-3-9/h4-8H2,1H3. The van der Waals surface area contributed by atoms with Gasteiger partial charge in [-0.1, -0.05) is 5.92 Å². The number of piperazine rings is 1. The van der Waals surface area contributed by atoms with Gasteiger partial charge in [-0.25, -0.2) is 0 Å². The van der Waals surface area contributed by atoms with Crippen molar-refractivity contribution in [1.29, 1.82) is 0 Å². The van der Waals surface area contributed by atoms with Gasteiger partial charge in [-0.2, -0.15) is 0 Å². The van der Waals surface area contributed by atoms with Gasteiger partial charge in [0.2, 0.25) is 0 Å². The Labute approximate surface area is 82.1 Å². The van der Waals surface area contributed by atoms with Crippen molar-refractivity contribution in [3.63, 3.8) is 0 Å².